The van der Waals surface area contributed by atoms with Crippen LogP contribution < -0.4 is 9.64 Å². The van der Waals surface area contributed by atoms with Crippen LogP contribution in [0.15, 0.2) is 48.5 Å². The lowest BCUT2D eigenvalue weighted by atomic mass is 9.56. The van der Waals surface area contributed by atoms with Gasteiger partial charge < -0.3 is 4.74 Å². The number of methoxy groups -OCH3 is 1. The number of hydrogen-bond donors (Lipinski definition) is 0. The third-order valence-electron chi connectivity index (χ3n) is 6.02. The summed E-state index contributed by atoms with van der Waals surface area (Å²) in [4.78, 5) is 40.4. The topological polar surface area (TPSA) is 63.7 Å². The summed E-state index contributed by atoms with van der Waals surface area (Å²) in [5.74, 6) is -1.77. The fourth-order valence-electron chi connectivity index (χ4n) is 5.01. The minimum absolute atomic E-state index is 0.0676. The second kappa shape index (κ2) is 5.27. The number of anilines is 1. The summed E-state index contributed by atoms with van der Waals surface area (Å²) in [5.41, 5.74) is 2.41. The number of hydrogen-bond acceptors (Lipinski definition) is 4. The number of rotatable bonds is 2. The summed E-state index contributed by atoms with van der Waals surface area (Å²) in [5, 5.41) is 0. The number of benzene rings is 2. The van der Waals surface area contributed by atoms with E-state index in [1.54, 1.807) is 24.3 Å². The molecule has 0 spiro atoms. The van der Waals surface area contributed by atoms with Gasteiger partial charge in [-0.3, -0.25) is 14.4 Å². The molecular formula is C21H17NO4. The lowest BCUT2D eigenvalue weighted by molar-refractivity contribution is -0.134. The first-order chi connectivity index (χ1) is 12.6. The van der Waals surface area contributed by atoms with Gasteiger partial charge in [-0.1, -0.05) is 36.4 Å². The molecule has 0 radical (unpaired) electrons. The number of Topliss-reactive ketones (excluding diaryl/α,β-unsaturated/α-hetero) is 1. The fraction of sp³-hybridized carbons (Fsp3) is 0.286. The zero-order chi connectivity index (χ0) is 18.0. The van der Waals surface area contributed by atoms with Crippen molar-refractivity contribution in [2.45, 2.75) is 18.3 Å². The highest BCUT2D eigenvalue weighted by Crippen LogP contribution is 2.58. The average molecular weight is 347 g/mol. The van der Waals surface area contributed by atoms with Gasteiger partial charge in [-0.05, 0) is 23.3 Å². The van der Waals surface area contributed by atoms with Gasteiger partial charge in [-0.25, -0.2) is 4.90 Å². The standard InChI is InChI=1S/C21H17NO4/c1-26-16-9-5-4-8-14(16)22-20(24)18-13-10-15(23)17(19(18)21(22)25)12-7-3-2-6-11(12)13/h2-9,13,17-19H,10H2,1H3. The maximum atomic E-state index is 13.3. The Bertz CT molecular complexity index is 966. The number of ketones is 1. The third-order valence-corrected chi connectivity index (χ3v) is 6.02. The quantitative estimate of drug-likeness (QED) is 0.784. The van der Waals surface area contributed by atoms with Crippen LogP contribution in [0.1, 0.15) is 29.4 Å². The first kappa shape index (κ1) is 15.3. The van der Waals surface area contributed by atoms with Crippen LogP contribution in [-0.2, 0) is 14.4 Å². The summed E-state index contributed by atoms with van der Waals surface area (Å²) >= 11 is 0. The maximum Gasteiger partial charge on any atom is 0.238 e. The molecule has 26 heavy (non-hydrogen) atoms. The number of ether oxygens (including phenoxy) is 1. The Morgan fingerprint density at radius 1 is 0.885 bits per heavy atom. The van der Waals surface area contributed by atoms with E-state index >= 15 is 0 Å². The zero-order valence-corrected chi connectivity index (χ0v) is 14.2. The van der Waals surface area contributed by atoms with E-state index in [4.69, 9.17) is 4.74 Å². The van der Waals surface area contributed by atoms with Crippen LogP contribution in [0.3, 0.4) is 0 Å². The molecule has 6 rings (SSSR count). The smallest absolute Gasteiger partial charge is 0.238 e. The second-order valence-electron chi connectivity index (χ2n) is 7.12. The highest BCUT2D eigenvalue weighted by Gasteiger charge is 2.62. The van der Waals surface area contributed by atoms with Crippen LogP contribution in [0.4, 0.5) is 5.69 Å². The predicted octanol–water partition coefficient (Wildman–Crippen LogP) is 2.65. The van der Waals surface area contributed by atoms with Crippen molar-refractivity contribution in [2.75, 3.05) is 12.0 Å². The van der Waals surface area contributed by atoms with Gasteiger partial charge in [-0.15, -0.1) is 0 Å². The highest BCUT2D eigenvalue weighted by atomic mass is 16.5. The molecule has 4 unspecified atom stereocenters. The molecule has 2 amide bonds. The van der Waals surface area contributed by atoms with Crippen molar-refractivity contribution in [1.82, 2.24) is 0 Å². The van der Waals surface area contributed by atoms with Crippen molar-refractivity contribution >= 4 is 23.3 Å². The summed E-state index contributed by atoms with van der Waals surface area (Å²) in [7, 11) is 1.51. The first-order valence-corrected chi connectivity index (χ1v) is 8.76. The molecule has 5 nitrogen and oxygen atoms in total. The van der Waals surface area contributed by atoms with Crippen molar-refractivity contribution in [2.24, 2.45) is 11.8 Å². The second-order valence-corrected chi connectivity index (χ2v) is 7.12. The molecule has 2 aromatic carbocycles. The zero-order valence-electron chi connectivity index (χ0n) is 14.2. The molecule has 2 fully saturated rings. The Morgan fingerprint density at radius 3 is 2.31 bits per heavy atom. The van der Waals surface area contributed by atoms with Gasteiger partial charge in [0.15, 0.2) is 0 Å². The molecular weight excluding hydrogens is 330 g/mol. The van der Waals surface area contributed by atoms with E-state index in [2.05, 4.69) is 0 Å². The molecule has 1 saturated heterocycles. The maximum absolute atomic E-state index is 13.3. The molecule has 2 bridgehead atoms. The number of fused-ring (bicyclic) bond motifs is 1. The number of carbonyl (C=O) groups is 3. The molecule has 4 aliphatic rings. The molecule has 1 aliphatic heterocycles. The molecule has 130 valence electrons. The van der Waals surface area contributed by atoms with E-state index in [1.807, 2.05) is 24.3 Å². The number of para-hydroxylation sites is 2. The van der Waals surface area contributed by atoms with E-state index in [9.17, 15) is 14.4 Å². The number of nitrogens with zero attached hydrogens (tertiary/aromatic N) is 1. The normalized spacial score (nSPS) is 29.0. The Labute approximate surface area is 150 Å². The largest absolute Gasteiger partial charge is 0.495 e. The average Bonchev–Trinajstić information content (AvgIpc) is 2.93. The molecule has 0 N–H and O–H groups in total. The van der Waals surface area contributed by atoms with Gasteiger partial charge in [0.25, 0.3) is 0 Å². The number of carbonyl (C=O) groups excluding carboxylic acids is 3. The highest BCUT2D eigenvalue weighted by molar-refractivity contribution is 6.25. The predicted molar refractivity (Wildman–Crippen MR) is 94.0 cm³/mol. The molecule has 1 heterocycles. The van der Waals surface area contributed by atoms with Gasteiger partial charge in [0.1, 0.15) is 11.5 Å². The molecule has 3 aliphatic carbocycles. The van der Waals surface area contributed by atoms with Gasteiger partial charge in [0.05, 0.1) is 30.6 Å². The van der Waals surface area contributed by atoms with Gasteiger partial charge in [0.2, 0.25) is 11.8 Å². The van der Waals surface area contributed by atoms with Crippen LogP contribution in [0.5, 0.6) is 5.75 Å². The Balaban J connectivity index is 1.67. The van der Waals surface area contributed by atoms with Crippen LogP contribution in [0.2, 0.25) is 0 Å². The Morgan fingerprint density at radius 2 is 1.54 bits per heavy atom. The summed E-state index contributed by atoms with van der Waals surface area (Å²) < 4.78 is 5.35. The lowest BCUT2D eigenvalue weighted by Gasteiger charge is -2.43. The fourth-order valence-corrected chi connectivity index (χ4v) is 5.01. The Kier molecular flexibility index (Phi) is 3.11. The Hall–Kier alpha value is -2.95. The van der Waals surface area contributed by atoms with E-state index in [-0.39, 0.29) is 23.5 Å². The van der Waals surface area contributed by atoms with Crippen molar-refractivity contribution in [3.8, 4) is 5.75 Å². The van der Waals surface area contributed by atoms with Crippen molar-refractivity contribution < 1.29 is 19.1 Å². The van der Waals surface area contributed by atoms with E-state index in [0.717, 1.165) is 11.1 Å². The summed E-state index contributed by atoms with van der Waals surface area (Å²) in [6, 6.07) is 14.7. The molecule has 1 saturated carbocycles. The van der Waals surface area contributed by atoms with Gasteiger partial charge in [0, 0.05) is 12.3 Å². The van der Waals surface area contributed by atoms with Crippen molar-refractivity contribution in [3.63, 3.8) is 0 Å². The molecule has 0 aromatic heterocycles. The van der Waals surface area contributed by atoms with Gasteiger partial charge in [-0.2, -0.15) is 0 Å². The summed E-state index contributed by atoms with van der Waals surface area (Å²) in [6.07, 6.45) is 0.335. The van der Waals surface area contributed by atoms with Crippen molar-refractivity contribution in [3.05, 3.63) is 59.7 Å². The minimum Gasteiger partial charge on any atom is -0.495 e. The first-order valence-electron chi connectivity index (χ1n) is 8.76. The van der Waals surface area contributed by atoms with E-state index in [0.29, 0.717) is 17.9 Å². The van der Waals surface area contributed by atoms with Crippen LogP contribution in [0, 0.1) is 11.8 Å². The monoisotopic (exact) mass is 347 g/mol. The summed E-state index contributed by atoms with van der Waals surface area (Å²) in [6.45, 7) is 0. The van der Waals surface area contributed by atoms with E-state index < -0.39 is 17.8 Å². The molecule has 5 heteroatoms. The number of amides is 2. The molecule has 2 aromatic rings. The van der Waals surface area contributed by atoms with Crippen LogP contribution in [0.25, 0.3) is 0 Å². The SMILES string of the molecule is COc1ccccc1N1C(=O)C2C3CC(=O)C(c4ccccc43)C2C1=O. The van der Waals surface area contributed by atoms with Gasteiger partial charge >= 0.3 is 0 Å². The number of imide groups is 1. The minimum atomic E-state index is -0.603. The third kappa shape index (κ3) is 1.77. The molecule has 4 atom stereocenters. The van der Waals surface area contributed by atoms with E-state index in [1.165, 1.54) is 12.0 Å². The van der Waals surface area contributed by atoms with Crippen molar-refractivity contribution in [1.29, 1.82) is 0 Å². The van der Waals surface area contributed by atoms with Crippen LogP contribution in [-0.4, -0.2) is 24.7 Å². The van der Waals surface area contributed by atoms with Crippen LogP contribution >= 0.6 is 0 Å². The lowest BCUT2D eigenvalue weighted by Crippen LogP contribution is -2.44.